The van der Waals surface area contributed by atoms with Crippen molar-refractivity contribution in [2.24, 2.45) is 10.8 Å². The second-order valence-corrected chi connectivity index (χ2v) is 15.6. The zero-order valence-electron chi connectivity index (χ0n) is 24.8. The normalized spacial score (nSPS) is 19.2. The predicted molar refractivity (Wildman–Crippen MR) is 148 cm³/mol. The Morgan fingerprint density at radius 2 is 1.00 bits per heavy atom. The molecular formula is C28H54N6. The number of anilines is 3. The molecule has 6 heteroatoms. The van der Waals surface area contributed by atoms with Gasteiger partial charge in [0.2, 0.25) is 17.8 Å². The summed E-state index contributed by atoms with van der Waals surface area (Å²) in [6.07, 6.45) is 5.46. The van der Waals surface area contributed by atoms with Gasteiger partial charge in [0.25, 0.3) is 0 Å². The van der Waals surface area contributed by atoms with Crippen LogP contribution in [0.5, 0.6) is 0 Å². The molecule has 6 nitrogen and oxygen atoms in total. The maximum Gasteiger partial charge on any atom is 0.232 e. The van der Waals surface area contributed by atoms with E-state index < -0.39 is 0 Å². The van der Waals surface area contributed by atoms with Gasteiger partial charge in [-0.25, -0.2) is 0 Å². The summed E-state index contributed by atoms with van der Waals surface area (Å²) in [5.74, 6) is 2.05. The topological polar surface area (TPSA) is 66.0 Å². The van der Waals surface area contributed by atoms with Crippen LogP contribution in [0.25, 0.3) is 0 Å². The van der Waals surface area contributed by atoms with E-state index in [1.807, 2.05) is 0 Å². The summed E-state index contributed by atoms with van der Waals surface area (Å²) in [7, 11) is 0. The van der Waals surface area contributed by atoms with Gasteiger partial charge in [0.1, 0.15) is 0 Å². The number of piperidine rings is 1. The number of aromatic nitrogens is 3. The van der Waals surface area contributed by atoms with Crippen molar-refractivity contribution >= 4 is 17.8 Å². The molecule has 2 rings (SSSR count). The van der Waals surface area contributed by atoms with Crippen molar-refractivity contribution in [3.63, 3.8) is 0 Å². The van der Waals surface area contributed by atoms with Gasteiger partial charge in [0, 0.05) is 22.2 Å². The van der Waals surface area contributed by atoms with E-state index >= 15 is 0 Å². The van der Waals surface area contributed by atoms with Crippen LogP contribution in [-0.4, -0.2) is 37.1 Å². The van der Waals surface area contributed by atoms with Crippen LogP contribution in [0.3, 0.4) is 0 Å². The maximum atomic E-state index is 5.02. The smallest absolute Gasteiger partial charge is 0.232 e. The summed E-state index contributed by atoms with van der Waals surface area (Å²) in [5.41, 5.74) is 0.0288. The van der Waals surface area contributed by atoms with E-state index in [1.54, 1.807) is 0 Å². The van der Waals surface area contributed by atoms with E-state index in [-0.39, 0.29) is 33.0 Å². The van der Waals surface area contributed by atoms with E-state index in [0.717, 1.165) is 31.6 Å². The molecule has 0 spiro atoms. The van der Waals surface area contributed by atoms with Gasteiger partial charge in [0.15, 0.2) is 0 Å². The van der Waals surface area contributed by atoms with Gasteiger partial charge in [-0.3, -0.25) is 0 Å². The van der Waals surface area contributed by atoms with E-state index in [9.17, 15) is 0 Å². The molecule has 0 amide bonds. The lowest BCUT2D eigenvalue weighted by atomic mass is 9.80. The highest BCUT2D eigenvalue weighted by molar-refractivity contribution is 5.49. The summed E-state index contributed by atoms with van der Waals surface area (Å²) in [5, 5.41) is 7.31. The lowest BCUT2D eigenvalue weighted by molar-refractivity contribution is 0.239. The first-order valence-electron chi connectivity index (χ1n) is 13.1. The quantitative estimate of drug-likeness (QED) is 0.422. The lowest BCUT2D eigenvalue weighted by Gasteiger charge is -2.53. The van der Waals surface area contributed by atoms with E-state index in [2.05, 4.69) is 112 Å². The lowest BCUT2D eigenvalue weighted by Crippen LogP contribution is -2.59. The fraction of sp³-hybridized carbons (Fsp3) is 0.893. The van der Waals surface area contributed by atoms with Crippen LogP contribution in [0, 0.1) is 10.8 Å². The average molecular weight is 475 g/mol. The first-order chi connectivity index (χ1) is 15.0. The maximum absolute atomic E-state index is 5.02. The van der Waals surface area contributed by atoms with Gasteiger partial charge < -0.3 is 15.5 Å². The van der Waals surface area contributed by atoms with Crippen molar-refractivity contribution in [2.45, 2.75) is 151 Å². The molecule has 0 radical (unpaired) electrons. The Morgan fingerprint density at radius 3 is 1.32 bits per heavy atom. The van der Waals surface area contributed by atoms with Gasteiger partial charge in [-0.15, -0.1) is 0 Å². The molecule has 1 aliphatic heterocycles. The zero-order chi connectivity index (χ0) is 26.4. The Morgan fingerprint density at radius 1 is 0.647 bits per heavy atom. The molecule has 0 aromatic carbocycles. The summed E-state index contributed by atoms with van der Waals surface area (Å²) < 4.78 is 0. The van der Waals surface area contributed by atoms with Crippen LogP contribution >= 0.6 is 0 Å². The first kappa shape index (κ1) is 28.6. The number of hydrogen-bond acceptors (Lipinski definition) is 6. The molecule has 1 aliphatic rings. The third kappa shape index (κ3) is 8.27. The molecule has 1 aromatic heterocycles. The number of nitrogens with zero attached hydrogens (tertiary/aromatic N) is 4. The van der Waals surface area contributed by atoms with Crippen LogP contribution < -0.4 is 15.5 Å². The minimum absolute atomic E-state index is 0.0283. The van der Waals surface area contributed by atoms with Crippen molar-refractivity contribution < 1.29 is 0 Å². The van der Waals surface area contributed by atoms with Crippen molar-refractivity contribution in [3.8, 4) is 0 Å². The Balaban J connectivity index is 2.55. The van der Waals surface area contributed by atoms with Crippen molar-refractivity contribution in [2.75, 3.05) is 15.5 Å². The predicted octanol–water partition coefficient (Wildman–Crippen LogP) is 7.67. The highest BCUT2D eigenvalue weighted by Crippen LogP contribution is 2.41. The molecule has 34 heavy (non-hydrogen) atoms. The standard InChI is InChI=1S/C28H54N6/c1-23(2,3)18-25(7,8)32-20-29-21(33-26(9,10)19-24(4,5)6)31-22(30-20)34-27(11,12)16-15-17-28(34,13)14/h15-19H2,1-14H3,(H2,29,30,31,32,33). The molecule has 1 saturated heterocycles. The number of nitrogens with one attached hydrogen (secondary N) is 2. The third-order valence-corrected chi connectivity index (χ3v) is 6.46. The number of hydrogen-bond donors (Lipinski definition) is 2. The molecule has 0 bridgehead atoms. The fourth-order valence-electron chi connectivity index (χ4n) is 6.46. The second-order valence-electron chi connectivity index (χ2n) is 15.6. The molecule has 196 valence electrons. The van der Waals surface area contributed by atoms with Gasteiger partial charge in [0.05, 0.1) is 0 Å². The minimum Gasteiger partial charge on any atom is -0.349 e. The summed E-state index contributed by atoms with van der Waals surface area (Å²) >= 11 is 0. The Hall–Kier alpha value is -1.59. The largest absolute Gasteiger partial charge is 0.349 e. The SMILES string of the molecule is CC(C)(C)CC(C)(C)Nc1nc(NC(C)(C)CC(C)(C)C)nc(N2C(C)(C)CCCC2(C)C)n1. The zero-order valence-corrected chi connectivity index (χ0v) is 24.8. The van der Waals surface area contributed by atoms with Gasteiger partial charge >= 0.3 is 0 Å². The summed E-state index contributed by atoms with van der Waals surface area (Å²) in [6, 6.07) is 0. The molecule has 0 saturated carbocycles. The molecule has 0 unspecified atom stereocenters. The van der Waals surface area contributed by atoms with Crippen molar-refractivity contribution in [1.82, 2.24) is 15.0 Å². The molecule has 2 heterocycles. The highest BCUT2D eigenvalue weighted by Gasteiger charge is 2.43. The van der Waals surface area contributed by atoms with Gasteiger partial charge in [-0.1, -0.05) is 41.5 Å². The van der Waals surface area contributed by atoms with E-state index in [1.165, 1.54) is 6.42 Å². The molecule has 0 atom stereocenters. The van der Waals surface area contributed by atoms with Crippen LogP contribution in [-0.2, 0) is 0 Å². The van der Waals surface area contributed by atoms with Gasteiger partial charge in [-0.2, -0.15) is 15.0 Å². The molecular weight excluding hydrogens is 420 g/mol. The summed E-state index contributed by atoms with van der Waals surface area (Å²) in [4.78, 5) is 17.4. The van der Waals surface area contributed by atoms with Crippen LogP contribution in [0.4, 0.5) is 17.8 Å². The minimum atomic E-state index is -0.151. The Kier molecular flexibility index (Phi) is 7.69. The van der Waals surface area contributed by atoms with Gasteiger partial charge in [-0.05, 0) is 98.3 Å². The van der Waals surface area contributed by atoms with Crippen molar-refractivity contribution in [1.29, 1.82) is 0 Å². The highest BCUT2D eigenvalue weighted by atomic mass is 15.4. The second kappa shape index (κ2) is 9.13. The first-order valence-corrected chi connectivity index (χ1v) is 13.1. The number of rotatable bonds is 7. The monoisotopic (exact) mass is 474 g/mol. The fourth-order valence-corrected chi connectivity index (χ4v) is 6.46. The Labute approximate surface area is 210 Å². The molecule has 1 fully saturated rings. The van der Waals surface area contributed by atoms with Crippen LogP contribution in [0.2, 0.25) is 0 Å². The Bertz CT molecular complexity index is 775. The van der Waals surface area contributed by atoms with E-state index in [0.29, 0.717) is 11.9 Å². The summed E-state index contributed by atoms with van der Waals surface area (Å²) in [6.45, 7) is 31.8. The van der Waals surface area contributed by atoms with Crippen LogP contribution in [0.1, 0.15) is 129 Å². The molecule has 1 aromatic rings. The van der Waals surface area contributed by atoms with Crippen LogP contribution in [0.15, 0.2) is 0 Å². The van der Waals surface area contributed by atoms with Crippen molar-refractivity contribution in [3.05, 3.63) is 0 Å². The van der Waals surface area contributed by atoms with E-state index in [4.69, 9.17) is 15.0 Å². The molecule has 2 N–H and O–H groups in total. The third-order valence-electron chi connectivity index (χ3n) is 6.46. The molecule has 0 aliphatic carbocycles. The average Bonchev–Trinajstić information content (AvgIpc) is 2.45.